The predicted octanol–water partition coefficient (Wildman–Crippen LogP) is 2.74. The van der Waals surface area contributed by atoms with Gasteiger partial charge in [-0.1, -0.05) is 18.2 Å². The standard InChI is InChI=1S/C13H16N2/c1-15(2)10-11-5-3-6-12(9-11)13-7-4-8-14-13/h3-9,14H,10H2,1-2H3. The van der Waals surface area contributed by atoms with E-state index < -0.39 is 0 Å². The summed E-state index contributed by atoms with van der Waals surface area (Å²) >= 11 is 0. The van der Waals surface area contributed by atoms with E-state index in [2.05, 4.69) is 54.3 Å². The van der Waals surface area contributed by atoms with E-state index in [4.69, 9.17) is 0 Å². The van der Waals surface area contributed by atoms with Crippen molar-refractivity contribution in [1.29, 1.82) is 0 Å². The van der Waals surface area contributed by atoms with Crippen molar-refractivity contribution in [3.63, 3.8) is 0 Å². The number of hydrogen-bond donors (Lipinski definition) is 1. The van der Waals surface area contributed by atoms with E-state index in [1.54, 1.807) is 0 Å². The molecular formula is C13H16N2. The highest BCUT2D eigenvalue weighted by Crippen LogP contribution is 2.18. The van der Waals surface area contributed by atoms with E-state index in [1.807, 2.05) is 12.3 Å². The lowest BCUT2D eigenvalue weighted by Crippen LogP contribution is -2.10. The van der Waals surface area contributed by atoms with Crippen molar-refractivity contribution in [3.05, 3.63) is 48.2 Å². The maximum absolute atomic E-state index is 3.22. The minimum Gasteiger partial charge on any atom is -0.361 e. The molecule has 15 heavy (non-hydrogen) atoms. The molecule has 1 N–H and O–H groups in total. The Balaban J connectivity index is 2.27. The van der Waals surface area contributed by atoms with Gasteiger partial charge in [0.25, 0.3) is 0 Å². The molecule has 2 nitrogen and oxygen atoms in total. The molecule has 0 saturated carbocycles. The van der Waals surface area contributed by atoms with Crippen molar-refractivity contribution in [2.45, 2.75) is 6.54 Å². The van der Waals surface area contributed by atoms with Gasteiger partial charge in [-0.2, -0.15) is 0 Å². The molecule has 0 spiro atoms. The summed E-state index contributed by atoms with van der Waals surface area (Å²) in [4.78, 5) is 5.39. The third-order valence-corrected chi connectivity index (χ3v) is 2.33. The highest BCUT2D eigenvalue weighted by molar-refractivity contribution is 5.60. The maximum atomic E-state index is 3.22. The van der Waals surface area contributed by atoms with Crippen molar-refractivity contribution in [2.75, 3.05) is 14.1 Å². The summed E-state index contributed by atoms with van der Waals surface area (Å²) in [5.41, 5.74) is 3.77. The van der Waals surface area contributed by atoms with Crippen LogP contribution in [0.4, 0.5) is 0 Å². The van der Waals surface area contributed by atoms with Gasteiger partial charge in [-0.15, -0.1) is 0 Å². The Kier molecular flexibility index (Phi) is 2.88. The van der Waals surface area contributed by atoms with Gasteiger partial charge in [-0.05, 0) is 43.4 Å². The topological polar surface area (TPSA) is 19.0 Å². The first-order chi connectivity index (χ1) is 7.25. The molecule has 0 aliphatic carbocycles. The van der Waals surface area contributed by atoms with Crippen molar-refractivity contribution < 1.29 is 0 Å². The highest BCUT2D eigenvalue weighted by Gasteiger charge is 2.00. The van der Waals surface area contributed by atoms with E-state index >= 15 is 0 Å². The summed E-state index contributed by atoms with van der Waals surface area (Å²) in [6.07, 6.45) is 1.95. The van der Waals surface area contributed by atoms with Gasteiger partial charge in [0.15, 0.2) is 0 Å². The van der Waals surface area contributed by atoms with Crippen LogP contribution in [-0.4, -0.2) is 24.0 Å². The van der Waals surface area contributed by atoms with Crippen LogP contribution in [0.3, 0.4) is 0 Å². The van der Waals surface area contributed by atoms with Crippen LogP contribution < -0.4 is 0 Å². The van der Waals surface area contributed by atoms with Gasteiger partial charge in [-0.3, -0.25) is 0 Å². The zero-order valence-corrected chi connectivity index (χ0v) is 9.20. The summed E-state index contributed by atoms with van der Waals surface area (Å²) in [7, 11) is 4.17. The van der Waals surface area contributed by atoms with Gasteiger partial charge in [-0.25, -0.2) is 0 Å². The Labute approximate surface area is 90.6 Å². The first-order valence-electron chi connectivity index (χ1n) is 5.13. The molecule has 2 aromatic rings. The van der Waals surface area contributed by atoms with Gasteiger partial charge < -0.3 is 9.88 Å². The Morgan fingerprint density at radius 3 is 2.67 bits per heavy atom. The minimum absolute atomic E-state index is 0.981. The Morgan fingerprint density at radius 2 is 2.00 bits per heavy atom. The van der Waals surface area contributed by atoms with E-state index in [-0.39, 0.29) is 0 Å². The smallest absolute Gasteiger partial charge is 0.0453 e. The number of nitrogens with zero attached hydrogens (tertiary/aromatic N) is 1. The number of rotatable bonds is 3. The van der Waals surface area contributed by atoms with Crippen molar-refractivity contribution in [1.82, 2.24) is 9.88 Å². The monoisotopic (exact) mass is 200 g/mol. The third-order valence-electron chi connectivity index (χ3n) is 2.33. The largest absolute Gasteiger partial charge is 0.361 e. The molecule has 0 aliphatic rings. The van der Waals surface area contributed by atoms with Crippen LogP contribution >= 0.6 is 0 Å². The van der Waals surface area contributed by atoms with Crippen LogP contribution in [0.2, 0.25) is 0 Å². The summed E-state index contributed by atoms with van der Waals surface area (Å²) in [5.74, 6) is 0. The highest BCUT2D eigenvalue weighted by atomic mass is 15.0. The molecular weight excluding hydrogens is 184 g/mol. The van der Waals surface area contributed by atoms with Crippen LogP contribution in [0, 0.1) is 0 Å². The first-order valence-corrected chi connectivity index (χ1v) is 5.13. The molecule has 0 saturated heterocycles. The molecule has 0 amide bonds. The molecule has 1 aromatic carbocycles. The first kappa shape index (κ1) is 9.99. The zero-order chi connectivity index (χ0) is 10.7. The molecule has 0 bridgehead atoms. The molecule has 1 heterocycles. The van der Waals surface area contributed by atoms with Gasteiger partial charge >= 0.3 is 0 Å². The number of nitrogens with one attached hydrogen (secondary N) is 1. The zero-order valence-electron chi connectivity index (χ0n) is 9.20. The minimum atomic E-state index is 0.981. The van der Waals surface area contributed by atoms with Crippen molar-refractivity contribution in [3.8, 4) is 11.3 Å². The van der Waals surface area contributed by atoms with Gasteiger partial charge in [0.2, 0.25) is 0 Å². The molecule has 0 fully saturated rings. The average Bonchev–Trinajstić information content (AvgIpc) is 2.69. The Bertz CT molecular complexity index is 416. The molecule has 0 radical (unpaired) electrons. The van der Waals surface area contributed by atoms with Gasteiger partial charge in [0, 0.05) is 18.4 Å². The Hall–Kier alpha value is -1.54. The summed E-state index contributed by atoms with van der Waals surface area (Å²) in [5, 5.41) is 0. The molecule has 1 aromatic heterocycles. The molecule has 0 atom stereocenters. The molecule has 2 heteroatoms. The van der Waals surface area contributed by atoms with Crippen LogP contribution in [0.1, 0.15) is 5.56 Å². The summed E-state index contributed by atoms with van der Waals surface area (Å²) in [6, 6.07) is 12.7. The Morgan fingerprint density at radius 1 is 1.13 bits per heavy atom. The van der Waals surface area contributed by atoms with Crippen molar-refractivity contribution in [2.24, 2.45) is 0 Å². The van der Waals surface area contributed by atoms with Crippen LogP contribution in [0.15, 0.2) is 42.6 Å². The number of H-pyrrole nitrogens is 1. The number of aromatic nitrogens is 1. The SMILES string of the molecule is CN(C)Cc1cccc(-c2ccc[nH]2)c1. The fourth-order valence-corrected chi connectivity index (χ4v) is 1.71. The fraction of sp³-hybridized carbons (Fsp3) is 0.231. The molecule has 78 valence electrons. The van der Waals surface area contributed by atoms with E-state index in [0.717, 1.165) is 6.54 Å². The summed E-state index contributed by atoms with van der Waals surface area (Å²) < 4.78 is 0. The number of aromatic amines is 1. The second kappa shape index (κ2) is 4.32. The lowest BCUT2D eigenvalue weighted by molar-refractivity contribution is 0.402. The predicted molar refractivity (Wildman–Crippen MR) is 63.6 cm³/mol. The second-order valence-corrected chi connectivity index (χ2v) is 4.02. The lowest BCUT2D eigenvalue weighted by Gasteiger charge is -2.10. The fourth-order valence-electron chi connectivity index (χ4n) is 1.71. The van der Waals surface area contributed by atoms with Crippen molar-refractivity contribution >= 4 is 0 Å². The number of hydrogen-bond acceptors (Lipinski definition) is 1. The van der Waals surface area contributed by atoms with Crippen LogP contribution in [-0.2, 0) is 6.54 Å². The molecule has 2 rings (SSSR count). The van der Waals surface area contributed by atoms with Gasteiger partial charge in [0.1, 0.15) is 0 Å². The third kappa shape index (κ3) is 2.48. The van der Waals surface area contributed by atoms with E-state index in [1.165, 1.54) is 16.8 Å². The molecule has 0 unspecified atom stereocenters. The van der Waals surface area contributed by atoms with Crippen LogP contribution in [0.25, 0.3) is 11.3 Å². The molecule has 0 aliphatic heterocycles. The van der Waals surface area contributed by atoms with E-state index in [0.29, 0.717) is 0 Å². The van der Waals surface area contributed by atoms with Gasteiger partial charge in [0.05, 0.1) is 0 Å². The average molecular weight is 200 g/mol. The quantitative estimate of drug-likeness (QED) is 0.807. The summed E-state index contributed by atoms with van der Waals surface area (Å²) in [6.45, 7) is 0.981. The normalized spacial score (nSPS) is 10.9. The maximum Gasteiger partial charge on any atom is 0.0453 e. The second-order valence-electron chi connectivity index (χ2n) is 4.02. The number of benzene rings is 1. The van der Waals surface area contributed by atoms with Crippen LogP contribution in [0.5, 0.6) is 0 Å². The lowest BCUT2D eigenvalue weighted by atomic mass is 10.1. The van der Waals surface area contributed by atoms with E-state index in [9.17, 15) is 0 Å².